The van der Waals surface area contributed by atoms with Gasteiger partial charge in [0.1, 0.15) is 0 Å². The first-order valence-corrected chi connectivity index (χ1v) is 5.44. The SMILES string of the molecule is O=C(CCCCBr)Nn1cccc1. The molecule has 0 fully saturated rings. The maximum Gasteiger partial charge on any atom is 0.238 e. The van der Waals surface area contributed by atoms with Crippen molar-refractivity contribution >= 4 is 21.8 Å². The predicted octanol–water partition coefficient (Wildman–Crippen LogP) is 2.12. The molecule has 0 saturated carbocycles. The Morgan fingerprint density at radius 3 is 2.62 bits per heavy atom. The smallest absolute Gasteiger partial charge is 0.238 e. The summed E-state index contributed by atoms with van der Waals surface area (Å²) in [7, 11) is 0. The Morgan fingerprint density at radius 2 is 2.00 bits per heavy atom. The van der Waals surface area contributed by atoms with E-state index in [1.165, 1.54) is 0 Å². The topological polar surface area (TPSA) is 34.0 Å². The van der Waals surface area contributed by atoms with E-state index in [-0.39, 0.29) is 5.91 Å². The van der Waals surface area contributed by atoms with Gasteiger partial charge in [-0.05, 0) is 25.0 Å². The lowest BCUT2D eigenvalue weighted by molar-refractivity contribution is -0.117. The minimum atomic E-state index is 0.0668. The fourth-order valence-electron chi connectivity index (χ4n) is 0.989. The molecule has 0 atom stereocenters. The van der Waals surface area contributed by atoms with E-state index in [0.717, 1.165) is 18.2 Å². The van der Waals surface area contributed by atoms with Crippen molar-refractivity contribution in [2.24, 2.45) is 0 Å². The Morgan fingerprint density at radius 1 is 1.31 bits per heavy atom. The molecule has 1 rings (SSSR count). The molecule has 0 aliphatic carbocycles. The molecule has 1 heterocycles. The van der Waals surface area contributed by atoms with Crippen LogP contribution in [0.2, 0.25) is 0 Å². The van der Waals surface area contributed by atoms with Crippen LogP contribution in [-0.4, -0.2) is 15.9 Å². The van der Waals surface area contributed by atoms with Gasteiger partial charge in [-0.15, -0.1) is 0 Å². The summed E-state index contributed by atoms with van der Waals surface area (Å²) in [4.78, 5) is 11.2. The second-order valence-corrected chi connectivity index (χ2v) is 3.56. The molecule has 0 aromatic carbocycles. The van der Waals surface area contributed by atoms with Crippen LogP contribution in [0.15, 0.2) is 24.5 Å². The van der Waals surface area contributed by atoms with Crippen LogP contribution in [0.25, 0.3) is 0 Å². The van der Waals surface area contributed by atoms with Crippen LogP contribution in [-0.2, 0) is 4.79 Å². The first-order chi connectivity index (χ1) is 6.33. The van der Waals surface area contributed by atoms with Crippen molar-refractivity contribution in [3.8, 4) is 0 Å². The number of nitrogens with one attached hydrogen (secondary N) is 1. The van der Waals surface area contributed by atoms with Gasteiger partial charge in [-0.1, -0.05) is 15.9 Å². The van der Waals surface area contributed by atoms with Gasteiger partial charge in [0.2, 0.25) is 5.91 Å². The Kier molecular flexibility index (Phi) is 4.60. The Balaban J connectivity index is 2.18. The number of hydrogen-bond donors (Lipinski definition) is 1. The highest BCUT2D eigenvalue weighted by molar-refractivity contribution is 9.09. The minimum absolute atomic E-state index is 0.0668. The number of carbonyl (C=O) groups excluding carboxylic acids is 1. The summed E-state index contributed by atoms with van der Waals surface area (Å²) in [5, 5.41) is 0.962. The van der Waals surface area contributed by atoms with E-state index in [9.17, 15) is 4.79 Å². The van der Waals surface area contributed by atoms with E-state index in [0.29, 0.717) is 6.42 Å². The minimum Gasteiger partial charge on any atom is -0.273 e. The first-order valence-electron chi connectivity index (χ1n) is 4.31. The fraction of sp³-hybridized carbons (Fsp3) is 0.444. The zero-order chi connectivity index (χ0) is 9.52. The van der Waals surface area contributed by atoms with Gasteiger partial charge in [0.25, 0.3) is 0 Å². The highest BCUT2D eigenvalue weighted by Crippen LogP contribution is 1.98. The molecule has 0 bridgehead atoms. The summed E-state index contributed by atoms with van der Waals surface area (Å²) < 4.78 is 1.66. The van der Waals surface area contributed by atoms with Crippen molar-refractivity contribution in [1.82, 2.24) is 4.68 Å². The third kappa shape index (κ3) is 4.12. The maximum atomic E-state index is 11.2. The molecule has 0 spiro atoms. The lowest BCUT2D eigenvalue weighted by Gasteiger charge is -2.04. The molecule has 13 heavy (non-hydrogen) atoms. The zero-order valence-corrected chi connectivity index (χ0v) is 8.96. The number of halogens is 1. The van der Waals surface area contributed by atoms with E-state index in [1.54, 1.807) is 4.68 Å². The molecular formula is C9H13BrN2O. The maximum absolute atomic E-state index is 11.2. The number of nitrogens with zero attached hydrogens (tertiary/aromatic N) is 1. The zero-order valence-electron chi connectivity index (χ0n) is 7.37. The number of amides is 1. The molecule has 0 aliphatic heterocycles. The molecule has 0 saturated heterocycles. The van der Waals surface area contributed by atoms with Crippen LogP contribution in [0.4, 0.5) is 0 Å². The van der Waals surface area contributed by atoms with Crippen LogP contribution in [0.3, 0.4) is 0 Å². The molecule has 0 unspecified atom stereocenters. The van der Waals surface area contributed by atoms with Crippen LogP contribution < -0.4 is 5.43 Å². The lowest BCUT2D eigenvalue weighted by atomic mass is 10.2. The number of hydrogen-bond acceptors (Lipinski definition) is 1. The van der Waals surface area contributed by atoms with Gasteiger partial charge >= 0.3 is 0 Å². The van der Waals surface area contributed by atoms with Gasteiger partial charge in [0.15, 0.2) is 0 Å². The van der Waals surface area contributed by atoms with Gasteiger partial charge in [-0.3, -0.25) is 14.9 Å². The standard InChI is InChI=1S/C9H13BrN2O/c10-6-2-1-5-9(13)11-12-7-3-4-8-12/h3-4,7-8H,1-2,5-6H2,(H,11,13). The Hall–Kier alpha value is -0.770. The quantitative estimate of drug-likeness (QED) is 0.625. The van der Waals surface area contributed by atoms with Gasteiger partial charge in [-0.2, -0.15) is 0 Å². The summed E-state index contributed by atoms with van der Waals surface area (Å²) in [6, 6.07) is 3.75. The summed E-state index contributed by atoms with van der Waals surface area (Å²) >= 11 is 3.32. The molecule has 1 aromatic heterocycles. The average molecular weight is 245 g/mol. The molecule has 0 aliphatic rings. The van der Waals surface area contributed by atoms with Crippen LogP contribution >= 0.6 is 15.9 Å². The van der Waals surface area contributed by atoms with Crippen molar-refractivity contribution in [2.45, 2.75) is 19.3 Å². The third-order valence-electron chi connectivity index (χ3n) is 1.65. The van der Waals surface area contributed by atoms with E-state index < -0.39 is 0 Å². The van der Waals surface area contributed by atoms with Crippen molar-refractivity contribution in [2.75, 3.05) is 10.8 Å². The second-order valence-electron chi connectivity index (χ2n) is 2.77. The number of carbonyl (C=O) groups is 1. The monoisotopic (exact) mass is 244 g/mol. The number of unbranched alkanes of at least 4 members (excludes halogenated alkanes) is 1. The second kappa shape index (κ2) is 5.80. The van der Waals surface area contributed by atoms with Crippen molar-refractivity contribution in [1.29, 1.82) is 0 Å². The molecule has 1 N–H and O–H groups in total. The van der Waals surface area contributed by atoms with Crippen molar-refractivity contribution in [3.05, 3.63) is 24.5 Å². The average Bonchev–Trinajstić information content (AvgIpc) is 2.57. The van der Waals surface area contributed by atoms with Gasteiger partial charge in [-0.25, -0.2) is 0 Å². The normalized spacial score (nSPS) is 9.92. The van der Waals surface area contributed by atoms with Gasteiger partial charge in [0, 0.05) is 24.1 Å². The van der Waals surface area contributed by atoms with Gasteiger partial charge in [0.05, 0.1) is 0 Å². The number of alkyl halides is 1. The van der Waals surface area contributed by atoms with E-state index in [4.69, 9.17) is 0 Å². The fourth-order valence-corrected chi connectivity index (χ4v) is 1.39. The number of aromatic nitrogens is 1. The summed E-state index contributed by atoms with van der Waals surface area (Å²) in [6.45, 7) is 0. The molecule has 0 radical (unpaired) electrons. The first kappa shape index (κ1) is 10.3. The molecule has 3 nitrogen and oxygen atoms in total. The Labute approximate surface area is 86.2 Å². The lowest BCUT2D eigenvalue weighted by Crippen LogP contribution is -2.20. The van der Waals surface area contributed by atoms with Gasteiger partial charge < -0.3 is 0 Å². The van der Waals surface area contributed by atoms with Crippen molar-refractivity contribution < 1.29 is 4.79 Å². The van der Waals surface area contributed by atoms with E-state index >= 15 is 0 Å². The highest BCUT2D eigenvalue weighted by atomic mass is 79.9. The summed E-state index contributed by atoms with van der Waals surface area (Å²) in [5.74, 6) is 0.0668. The molecule has 1 amide bonds. The van der Waals surface area contributed by atoms with E-state index in [1.807, 2.05) is 24.5 Å². The molecule has 4 heteroatoms. The predicted molar refractivity (Wildman–Crippen MR) is 56.4 cm³/mol. The van der Waals surface area contributed by atoms with Crippen LogP contribution in [0.1, 0.15) is 19.3 Å². The summed E-state index contributed by atoms with van der Waals surface area (Å²) in [6.07, 6.45) is 6.17. The highest BCUT2D eigenvalue weighted by Gasteiger charge is 1.99. The molecule has 72 valence electrons. The Bertz CT molecular complexity index is 246. The largest absolute Gasteiger partial charge is 0.273 e. The van der Waals surface area contributed by atoms with E-state index in [2.05, 4.69) is 21.4 Å². The third-order valence-corrected chi connectivity index (χ3v) is 2.21. The number of rotatable bonds is 5. The summed E-state index contributed by atoms with van der Waals surface area (Å²) in [5.41, 5.74) is 2.74. The molecule has 1 aromatic rings. The van der Waals surface area contributed by atoms with Crippen LogP contribution in [0, 0.1) is 0 Å². The molecular weight excluding hydrogens is 232 g/mol. The van der Waals surface area contributed by atoms with Crippen molar-refractivity contribution in [3.63, 3.8) is 0 Å². The van der Waals surface area contributed by atoms with Crippen LogP contribution in [0.5, 0.6) is 0 Å².